The maximum absolute atomic E-state index is 6.27. The molecule has 0 aromatic heterocycles. The summed E-state index contributed by atoms with van der Waals surface area (Å²) in [5.74, 6) is 0.764. The minimum absolute atomic E-state index is 0.270. The van der Waals surface area contributed by atoms with Crippen molar-refractivity contribution in [2.45, 2.75) is 25.8 Å². The van der Waals surface area contributed by atoms with E-state index in [1.54, 1.807) is 0 Å². The van der Waals surface area contributed by atoms with Gasteiger partial charge in [0.25, 0.3) is 0 Å². The van der Waals surface area contributed by atoms with Crippen molar-refractivity contribution < 1.29 is 0 Å². The molecule has 0 amide bonds. The summed E-state index contributed by atoms with van der Waals surface area (Å²) in [6.07, 6.45) is 2.60. The van der Waals surface area contributed by atoms with Crippen molar-refractivity contribution in [2.24, 2.45) is 11.7 Å². The van der Waals surface area contributed by atoms with Crippen LogP contribution in [0.25, 0.3) is 0 Å². The molecule has 2 atom stereocenters. The molecule has 2 N–H and O–H groups in total. The number of halogens is 1. The van der Waals surface area contributed by atoms with Crippen molar-refractivity contribution in [2.75, 3.05) is 19.6 Å². The normalized spacial score (nSPS) is 23.6. The van der Waals surface area contributed by atoms with Gasteiger partial charge >= 0.3 is 0 Å². The van der Waals surface area contributed by atoms with Gasteiger partial charge in [-0.2, -0.15) is 0 Å². The fourth-order valence-electron chi connectivity index (χ4n) is 2.73. The van der Waals surface area contributed by atoms with Crippen LogP contribution in [-0.2, 0) is 0 Å². The molecule has 0 radical (unpaired) electrons. The van der Waals surface area contributed by atoms with Crippen molar-refractivity contribution in [3.05, 3.63) is 34.9 Å². The van der Waals surface area contributed by atoms with Crippen LogP contribution in [0.2, 0.25) is 5.02 Å². The zero-order chi connectivity index (χ0) is 12.3. The molecule has 1 aliphatic rings. The van der Waals surface area contributed by atoms with Crippen LogP contribution in [0.3, 0.4) is 0 Å². The lowest BCUT2D eigenvalue weighted by Crippen LogP contribution is -2.40. The molecule has 1 aromatic carbocycles. The van der Waals surface area contributed by atoms with E-state index in [4.69, 9.17) is 17.3 Å². The highest BCUT2D eigenvalue weighted by atomic mass is 35.5. The van der Waals surface area contributed by atoms with Gasteiger partial charge in [0.05, 0.1) is 0 Å². The zero-order valence-corrected chi connectivity index (χ0v) is 11.2. The Kier molecular flexibility index (Phi) is 4.43. The van der Waals surface area contributed by atoms with Crippen LogP contribution < -0.4 is 5.73 Å². The SMILES string of the molecule is CC1CCCN(C(CN)c2ccccc2Cl)C1. The van der Waals surface area contributed by atoms with Gasteiger partial charge in [0.1, 0.15) is 0 Å². The quantitative estimate of drug-likeness (QED) is 0.896. The third-order valence-corrected chi connectivity index (χ3v) is 3.96. The topological polar surface area (TPSA) is 29.3 Å². The van der Waals surface area contributed by atoms with Gasteiger partial charge in [-0.25, -0.2) is 0 Å². The average molecular weight is 253 g/mol. The second-order valence-electron chi connectivity index (χ2n) is 5.02. The van der Waals surface area contributed by atoms with Crippen LogP contribution in [0, 0.1) is 5.92 Å². The summed E-state index contributed by atoms with van der Waals surface area (Å²) in [6, 6.07) is 8.33. The van der Waals surface area contributed by atoms with E-state index < -0.39 is 0 Å². The molecular formula is C14H21ClN2. The van der Waals surface area contributed by atoms with Crippen molar-refractivity contribution in [3.8, 4) is 0 Å². The second-order valence-corrected chi connectivity index (χ2v) is 5.42. The van der Waals surface area contributed by atoms with E-state index in [1.165, 1.54) is 18.4 Å². The van der Waals surface area contributed by atoms with Crippen LogP contribution >= 0.6 is 11.6 Å². The fraction of sp³-hybridized carbons (Fsp3) is 0.571. The summed E-state index contributed by atoms with van der Waals surface area (Å²) >= 11 is 6.27. The Morgan fingerprint density at radius 3 is 2.88 bits per heavy atom. The van der Waals surface area contributed by atoms with Gasteiger partial charge in [-0.3, -0.25) is 4.90 Å². The number of piperidine rings is 1. The van der Waals surface area contributed by atoms with E-state index in [1.807, 2.05) is 18.2 Å². The minimum atomic E-state index is 0.270. The molecule has 1 aromatic rings. The van der Waals surface area contributed by atoms with E-state index in [2.05, 4.69) is 17.9 Å². The third-order valence-electron chi connectivity index (χ3n) is 3.62. The molecule has 3 heteroatoms. The highest BCUT2D eigenvalue weighted by Crippen LogP contribution is 2.30. The molecule has 0 spiro atoms. The Balaban J connectivity index is 2.18. The number of hydrogen-bond donors (Lipinski definition) is 1. The summed E-state index contributed by atoms with van der Waals surface area (Å²) in [5.41, 5.74) is 7.12. The monoisotopic (exact) mass is 252 g/mol. The number of nitrogens with zero attached hydrogens (tertiary/aromatic N) is 1. The molecular weight excluding hydrogens is 232 g/mol. The summed E-state index contributed by atoms with van der Waals surface area (Å²) in [7, 11) is 0. The Hall–Kier alpha value is -0.570. The summed E-state index contributed by atoms with van der Waals surface area (Å²) in [5, 5.41) is 0.834. The van der Waals surface area contributed by atoms with Gasteiger partial charge < -0.3 is 5.73 Å². The van der Waals surface area contributed by atoms with Crippen LogP contribution in [0.15, 0.2) is 24.3 Å². The van der Waals surface area contributed by atoms with E-state index in [0.29, 0.717) is 6.54 Å². The molecule has 1 heterocycles. The van der Waals surface area contributed by atoms with Crippen LogP contribution in [0.5, 0.6) is 0 Å². The molecule has 2 nitrogen and oxygen atoms in total. The number of likely N-dealkylation sites (tertiary alicyclic amines) is 1. The first kappa shape index (κ1) is 12.9. The average Bonchev–Trinajstić information content (AvgIpc) is 2.33. The van der Waals surface area contributed by atoms with Gasteiger partial charge in [-0.1, -0.05) is 36.7 Å². The Morgan fingerprint density at radius 1 is 1.47 bits per heavy atom. The second kappa shape index (κ2) is 5.85. The summed E-state index contributed by atoms with van der Waals surface area (Å²) < 4.78 is 0. The molecule has 1 saturated heterocycles. The molecule has 94 valence electrons. The van der Waals surface area contributed by atoms with Crippen LogP contribution in [0.1, 0.15) is 31.4 Å². The standard InChI is InChI=1S/C14H21ClN2/c1-11-5-4-8-17(10-11)14(9-16)12-6-2-3-7-13(12)15/h2-3,6-7,11,14H,4-5,8-10,16H2,1H3. The summed E-state index contributed by atoms with van der Waals surface area (Å²) in [4.78, 5) is 2.48. The lowest BCUT2D eigenvalue weighted by Gasteiger charge is -2.37. The lowest BCUT2D eigenvalue weighted by molar-refractivity contribution is 0.133. The van der Waals surface area contributed by atoms with Crippen molar-refractivity contribution >= 4 is 11.6 Å². The highest BCUT2D eigenvalue weighted by molar-refractivity contribution is 6.31. The molecule has 0 saturated carbocycles. The zero-order valence-electron chi connectivity index (χ0n) is 10.4. The first-order chi connectivity index (χ1) is 8.22. The van der Waals surface area contributed by atoms with Crippen LogP contribution in [0.4, 0.5) is 0 Å². The fourth-order valence-corrected chi connectivity index (χ4v) is 2.99. The van der Waals surface area contributed by atoms with E-state index in [-0.39, 0.29) is 6.04 Å². The minimum Gasteiger partial charge on any atom is -0.329 e. The van der Waals surface area contributed by atoms with Gasteiger partial charge in [0.15, 0.2) is 0 Å². The lowest BCUT2D eigenvalue weighted by atomic mass is 9.96. The molecule has 1 fully saturated rings. The van der Waals surface area contributed by atoms with Crippen molar-refractivity contribution in [1.29, 1.82) is 0 Å². The van der Waals surface area contributed by atoms with E-state index >= 15 is 0 Å². The van der Waals surface area contributed by atoms with Crippen molar-refractivity contribution in [1.82, 2.24) is 4.90 Å². The van der Waals surface area contributed by atoms with Gasteiger partial charge in [0, 0.05) is 24.2 Å². The highest BCUT2D eigenvalue weighted by Gasteiger charge is 2.25. The Morgan fingerprint density at radius 2 is 2.24 bits per heavy atom. The first-order valence-electron chi connectivity index (χ1n) is 6.41. The van der Waals surface area contributed by atoms with Crippen molar-refractivity contribution in [3.63, 3.8) is 0 Å². The predicted molar refractivity (Wildman–Crippen MR) is 73.2 cm³/mol. The largest absolute Gasteiger partial charge is 0.329 e. The molecule has 0 aliphatic carbocycles. The predicted octanol–water partition coefficient (Wildman–Crippen LogP) is 3.07. The van der Waals surface area contributed by atoms with Gasteiger partial charge in [-0.05, 0) is 36.9 Å². The van der Waals surface area contributed by atoms with Gasteiger partial charge in [-0.15, -0.1) is 0 Å². The Bertz CT molecular complexity index is 367. The maximum atomic E-state index is 6.27. The number of hydrogen-bond acceptors (Lipinski definition) is 2. The molecule has 1 aliphatic heterocycles. The maximum Gasteiger partial charge on any atom is 0.0485 e. The summed E-state index contributed by atoms with van der Waals surface area (Å²) in [6.45, 7) is 5.22. The van der Waals surface area contributed by atoms with Crippen LogP contribution in [-0.4, -0.2) is 24.5 Å². The number of benzene rings is 1. The molecule has 0 bridgehead atoms. The first-order valence-corrected chi connectivity index (χ1v) is 6.78. The number of nitrogens with two attached hydrogens (primary N) is 1. The van der Waals surface area contributed by atoms with E-state index in [0.717, 1.165) is 24.0 Å². The van der Waals surface area contributed by atoms with E-state index in [9.17, 15) is 0 Å². The molecule has 2 rings (SSSR count). The Labute approximate surface area is 109 Å². The number of rotatable bonds is 3. The smallest absolute Gasteiger partial charge is 0.0485 e. The molecule has 17 heavy (non-hydrogen) atoms. The molecule has 2 unspecified atom stereocenters. The third kappa shape index (κ3) is 3.01. The van der Waals surface area contributed by atoms with Gasteiger partial charge in [0.2, 0.25) is 0 Å².